The van der Waals surface area contributed by atoms with Crippen LogP contribution < -0.4 is 5.32 Å². The maximum absolute atomic E-state index is 4.51. The highest BCUT2D eigenvalue weighted by molar-refractivity contribution is 5.82. The first-order chi connectivity index (χ1) is 9.36. The Bertz CT molecular complexity index is 675. The number of anilines is 1. The first-order valence-corrected chi connectivity index (χ1v) is 6.28. The number of aromatic nitrogens is 4. The van der Waals surface area contributed by atoms with Crippen molar-refractivity contribution < 1.29 is 0 Å². The summed E-state index contributed by atoms with van der Waals surface area (Å²) in [5.74, 6) is 1.61. The van der Waals surface area contributed by atoms with Gasteiger partial charge in [0.1, 0.15) is 11.3 Å². The number of fused-ring (bicyclic) bond motifs is 1. The third kappa shape index (κ3) is 2.40. The van der Waals surface area contributed by atoms with Gasteiger partial charge in [0.25, 0.3) is 0 Å². The lowest BCUT2D eigenvalue weighted by atomic mass is 10.1. The summed E-state index contributed by atoms with van der Waals surface area (Å²) in [6.07, 6.45) is 3.38. The van der Waals surface area contributed by atoms with Gasteiger partial charge in [-0.05, 0) is 12.0 Å². The molecule has 0 bridgehead atoms. The van der Waals surface area contributed by atoms with E-state index in [0.717, 1.165) is 30.0 Å². The molecule has 1 aromatic carbocycles. The van der Waals surface area contributed by atoms with E-state index in [1.54, 1.807) is 6.33 Å². The molecule has 0 fully saturated rings. The number of H-pyrrole nitrogens is 1. The number of rotatable bonds is 4. The van der Waals surface area contributed by atoms with Crippen LogP contribution in [0.2, 0.25) is 0 Å². The Labute approximate surface area is 111 Å². The van der Waals surface area contributed by atoms with Gasteiger partial charge in [-0.2, -0.15) is 0 Å². The lowest BCUT2D eigenvalue weighted by Crippen LogP contribution is -2.03. The summed E-state index contributed by atoms with van der Waals surface area (Å²) in [6, 6.07) is 10.4. The van der Waals surface area contributed by atoms with Crippen molar-refractivity contribution in [2.24, 2.45) is 0 Å². The summed E-state index contributed by atoms with van der Waals surface area (Å²) < 4.78 is 0. The van der Waals surface area contributed by atoms with Crippen LogP contribution in [-0.2, 0) is 12.8 Å². The Morgan fingerprint density at radius 3 is 2.74 bits per heavy atom. The molecule has 0 radical (unpaired) electrons. The minimum atomic E-state index is 0.711. The summed E-state index contributed by atoms with van der Waals surface area (Å²) in [5.41, 5.74) is 2.85. The van der Waals surface area contributed by atoms with E-state index in [2.05, 4.69) is 37.4 Å². The molecule has 2 heterocycles. The van der Waals surface area contributed by atoms with Gasteiger partial charge in [0.05, 0.1) is 6.33 Å². The highest BCUT2D eigenvalue weighted by Gasteiger charge is 2.08. The van der Waals surface area contributed by atoms with Crippen molar-refractivity contribution in [2.75, 3.05) is 12.4 Å². The maximum Gasteiger partial charge on any atom is 0.183 e. The van der Waals surface area contributed by atoms with Gasteiger partial charge in [0, 0.05) is 13.5 Å². The van der Waals surface area contributed by atoms with Crippen molar-refractivity contribution >= 4 is 17.0 Å². The monoisotopic (exact) mass is 253 g/mol. The Hall–Kier alpha value is -2.43. The van der Waals surface area contributed by atoms with Crippen LogP contribution >= 0.6 is 0 Å². The zero-order valence-corrected chi connectivity index (χ0v) is 10.7. The molecule has 0 spiro atoms. The number of aromatic amines is 1. The number of imidazole rings is 1. The highest BCUT2D eigenvalue weighted by atomic mass is 15.1. The summed E-state index contributed by atoms with van der Waals surface area (Å²) >= 11 is 0. The zero-order valence-electron chi connectivity index (χ0n) is 10.7. The average Bonchev–Trinajstić information content (AvgIpc) is 2.93. The number of hydrogen-bond donors (Lipinski definition) is 2. The Morgan fingerprint density at radius 2 is 1.95 bits per heavy atom. The zero-order chi connectivity index (χ0) is 13.1. The molecule has 2 N–H and O–H groups in total. The fourth-order valence-electron chi connectivity index (χ4n) is 2.07. The Kier molecular flexibility index (Phi) is 3.10. The van der Waals surface area contributed by atoms with Crippen LogP contribution in [0.15, 0.2) is 36.7 Å². The van der Waals surface area contributed by atoms with Crippen LogP contribution in [-0.4, -0.2) is 27.0 Å². The Morgan fingerprint density at radius 1 is 1.11 bits per heavy atom. The van der Waals surface area contributed by atoms with Crippen molar-refractivity contribution in [1.82, 2.24) is 19.9 Å². The first kappa shape index (κ1) is 11.6. The predicted octanol–water partition coefficient (Wildman–Crippen LogP) is 2.18. The van der Waals surface area contributed by atoms with Gasteiger partial charge >= 0.3 is 0 Å². The second kappa shape index (κ2) is 5.06. The molecule has 0 aliphatic carbocycles. The van der Waals surface area contributed by atoms with E-state index in [4.69, 9.17) is 0 Å². The smallest absolute Gasteiger partial charge is 0.183 e. The first-order valence-electron chi connectivity index (χ1n) is 6.28. The highest BCUT2D eigenvalue weighted by Crippen LogP contribution is 2.16. The molecule has 2 aromatic heterocycles. The fourth-order valence-corrected chi connectivity index (χ4v) is 2.07. The van der Waals surface area contributed by atoms with Gasteiger partial charge in [-0.25, -0.2) is 15.0 Å². The molecule has 0 atom stereocenters. The van der Waals surface area contributed by atoms with Crippen LogP contribution in [0.5, 0.6) is 0 Å². The van der Waals surface area contributed by atoms with E-state index in [-0.39, 0.29) is 0 Å². The van der Waals surface area contributed by atoms with E-state index in [0.29, 0.717) is 5.65 Å². The van der Waals surface area contributed by atoms with Crippen molar-refractivity contribution in [3.63, 3.8) is 0 Å². The molecule has 5 nitrogen and oxygen atoms in total. The number of nitrogens with zero attached hydrogens (tertiary/aromatic N) is 3. The van der Waals surface area contributed by atoms with Crippen LogP contribution in [0.4, 0.5) is 5.82 Å². The van der Waals surface area contributed by atoms with Crippen LogP contribution in [0.3, 0.4) is 0 Å². The minimum Gasteiger partial charge on any atom is -0.371 e. The van der Waals surface area contributed by atoms with E-state index in [1.807, 2.05) is 25.2 Å². The van der Waals surface area contributed by atoms with Crippen LogP contribution in [0, 0.1) is 0 Å². The summed E-state index contributed by atoms with van der Waals surface area (Å²) in [6.45, 7) is 0. The summed E-state index contributed by atoms with van der Waals surface area (Å²) in [4.78, 5) is 16.2. The summed E-state index contributed by atoms with van der Waals surface area (Å²) in [5, 5.41) is 3.07. The Balaban J connectivity index is 1.85. The second-order valence-electron chi connectivity index (χ2n) is 4.33. The number of hydrogen-bond acceptors (Lipinski definition) is 4. The van der Waals surface area contributed by atoms with E-state index in [1.165, 1.54) is 5.56 Å². The molecule has 0 saturated heterocycles. The van der Waals surface area contributed by atoms with Gasteiger partial charge in [0.2, 0.25) is 0 Å². The van der Waals surface area contributed by atoms with E-state index in [9.17, 15) is 0 Å². The van der Waals surface area contributed by atoms with Gasteiger partial charge in [-0.3, -0.25) is 0 Å². The molecule has 3 rings (SSSR count). The lowest BCUT2D eigenvalue weighted by Gasteiger charge is -2.04. The van der Waals surface area contributed by atoms with Gasteiger partial charge in [-0.1, -0.05) is 30.3 Å². The predicted molar refractivity (Wildman–Crippen MR) is 75.1 cm³/mol. The van der Waals surface area contributed by atoms with Gasteiger partial charge in [-0.15, -0.1) is 0 Å². The number of nitrogens with one attached hydrogen (secondary N) is 2. The summed E-state index contributed by atoms with van der Waals surface area (Å²) in [7, 11) is 1.85. The largest absolute Gasteiger partial charge is 0.371 e. The number of benzene rings is 1. The molecule has 5 heteroatoms. The molecule has 0 saturated carbocycles. The topological polar surface area (TPSA) is 66.5 Å². The lowest BCUT2D eigenvalue weighted by molar-refractivity contribution is 0.868. The van der Waals surface area contributed by atoms with Crippen molar-refractivity contribution in [1.29, 1.82) is 0 Å². The van der Waals surface area contributed by atoms with Crippen LogP contribution in [0.25, 0.3) is 11.2 Å². The van der Waals surface area contributed by atoms with Crippen molar-refractivity contribution in [3.8, 4) is 0 Å². The molecular weight excluding hydrogens is 238 g/mol. The number of aryl methyl sites for hydroxylation is 2. The van der Waals surface area contributed by atoms with Crippen LogP contribution in [0.1, 0.15) is 11.4 Å². The van der Waals surface area contributed by atoms with E-state index < -0.39 is 0 Å². The average molecular weight is 253 g/mol. The molecule has 0 unspecified atom stereocenters. The molecule has 0 aliphatic heterocycles. The third-order valence-electron chi connectivity index (χ3n) is 3.05. The maximum atomic E-state index is 4.51. The van der Waals surface area contributed by atoms with Crippen molar-refractivity contribution in [3.05, 3.63) is 48.0 Å². The van der Waals surface area contributed by atoms with E-state index >= 15 is 0 Å². The van der Waals surface area contributed by atoms with Gasteiger partial charge < -0.3 is 10.3 Å². The minimum absolute atomic E-state index is 0.711. The SMILES string of the molecule is CNc1nc(CCc2ccccc2)nc2nc[nH]c12. The van der Waals surface area contributed by atoms with Crippen molar-refractivity contribution in [2.45, 2.75) is 12.8 Å². The normalized spacial score (nSPS) is 10.8. The fraction of sp³-hybridized carbons (Fsp3) is 0.214. The quantitative estimate of drug-likeness (QED) is 0.748. The standard InChI is InChI=1S/C14H15N5/c1-15-13-12-14(17-9-16-12)19-11(18-13)8-7-10-5-3-2-4-6-10/h2-6,9H,7-8H2,1H3,(H2,15,16,17,18,19). The second-order valence-corrected chi connectivity index (χ2v) is 4.33. The van der Waals surface area contributed by atoms with Gasteiger partial charge in [0.15, 0.2) is 11.5 Å². The molecule has 96 valence electrons. The molecule has 0 aliphatic rings. The third-order valence-corrected chi connectivity index (χ3v) is 3.05. The molecule has 19 heavy (non-hydrogen) atoms. The molecular formula is C14H15N5. The molecule has 0 amide bonds. The molecule has 3 aromatic rings.